The Kier molecular flexibility index (Phi) is 9.32. The maximum absolute atomic E-state index is 12.6. The third-order valence-corrected chi connectivity index (χ3v) is 6.72. The molecule has 10 heteroatoms. The molecule has 9 nitrogen and oxygen atoms in total. The van der Waals surface area contributed by atoms with Gasteiger partial charge in [-0.2, -0.15) is 0 Å². The molecule has 2 aromatic rings. The van der Waals surface area contributed by atoms with Gasteiger partial charge in [0, 0.05) is 48.4 Å². The van der Waals surface area contributed by atoms with Crippen molar-refractivity contribution in [3.05, 3.63) is 53.0 Å². The zero-order chi connectivity index (χ0) is 25.3. The largest absolute Gasteiger partial charge is 0.484 e. The molecule has 2 heterocycles. The van der Waals surface area contributed by atoms with Crippen LogP contribution in [0.5, 0.6) is 5.75 Å². The van der Waals surface area contributed by atoms with Crippen LogP contribution in [-0.2, 0) is 19.1 Å². The van der Waals surface area contributed by atoms with Crippen LogP contribution in [0.15, 0.2) is 53.0 Å². The molecule has 2 N–H and O–H groups in total. The molecule has 4 rings (SSSR count). The second-order valence-corrected chi connectivity index (χ2v) is 9.76. The predicted octanol–water partition coefficient (Wildman–Crippen LogP) is 2.66. The van der Waals surface area contributed by atoms with E-state index >= 15 is 0 Å². The number of rotatable bonds is 10. The van der Waals surface area contributed by atoms with Gasteiger partial charge in [-0.05, 0) is 61.5 Å². The van der Waals surface area contributed by atoms with Crippen LogP contribution >= 0.6 is 15.9 Å². The second-order valence-electron chi connectivity index (χ2n) is 8.84. The van der Waals surface area contributed by atoms with Crippen LogP contribution in [0, 0.1) is 5.92 Å². The number of anilines is 2. The van der Waals surface area contributed by atoms with Crippen molar-refractivity contribution < 1.29 is 23.9 Å². The van der Waals surface area contributed by atoms with Gasteiger partial charge in [-0.25, -0.2) is 0 Å². The average Bonchev–Trinajstić information content (AvgIpc) is 3.29. The SMILES string of the molecule is O=C(COc1ccc(N2C[C@H](C(=O)NCCCN3CCOCC3)CC2=O)cc1)Nc1ccc(Br)cc1. The first-order valence-electron chi connectivity index (χ1n) is 12.1. The quantitative estimate of drug-likeness (QED) is 0.435. The van der Waals surface area contributed by atoms with Crippen LogP contribution in [0.2, 0.25) is 0 Å². The lowest BCUT2D eigenvalue weighted by atomic mass is 10.1. The molecule has 1 atom stereocenters. The van der Waals surface area contributed by atoms with Crippen LogP contribution in [0.3, 0.4) is 0 Å². The highest BCUT2D eigenvalue weighted by Crippen LogP contribution is 2.27. The summed E-state index contributed by atoms with van der Waals surface area (Å²) < 4.78 is 11.8. The number of benzene rings is 2. The third kappa shape index (κ3) is 7.52. The summed E-state index contributed by atoms with van der Waals surface area (Å²) in [5.41, 5.74) is 1.39. The van der Waals surface area contributed by atoms with E-state index in [0.29, 0.717) is 30.2 Å². The van der Waals surface area contributed by atoms with Crippen molar-refractivity contribution in [1.82, 2.24) is 10.2 Å². The standard InChI is InChI=1S/C26H31BrN4O5/c27-20-2-4-21(5-3-20)29-24(32)18-36-23-8-6-22(7-9-23)31-17-19(16-25(31)33)26(34)28-10-1-11-30-12-14-35-15-13-30/h2-9,19H,1,10-18H2,(H,28,34)(H,29,32)/t19-/m1/s1. The van der Waals surface area contributed by atoms with Gasteiger partial charge in [-0.1, -0.05) is 15.9 Å². The normalized spacial score (nSPS) is 18.2. The van der Waals surface area contributed by atoms with Gasteiger partial charge in [0.05, 0.1) is 19.1 Å². The van der Waals surface area contributed by atoms with E-state index in [2.05, 4.69) is 31.5 Å². The summed E-state index contributed by atoms with van der Waals surface area (Å²) in [6, 6.07) is 14.2. The van der Waals surface area contributed by atoms with Crippen molar-refractivity contribution >= 4 is 45.0 Å². The fourth-order valence-electron chi connectivity index (χ4n) is 4.22. The molecule has 0 radical (unpaired) electrons. The van der Waals surface area contributed by atoms with E-state index in [4.69, 9.17) is 9.47 Å². The molecule has 0 aromatic heterocycles. The Morgan fingerprint density at radius 2 is 1.78 bits per heavy atom. The molecule has 3 amide bonds. The lowest BCUT2D eigenvalue weighted by Gasteiger charge is -2.26. The number of nitrogens with one attached hydrogen (secondary N) is 2. The van der Waals surface area contributed by atoms with E-state index in [-0.39, 0.29) is 36.7 Å². The maximum Gasteiger partial charge on any atom is 0.262 e. The lowest BCUT2D eigenvalue weighted by molar-refractivity contribution is -0.126. The molecule has 0 saturated carbocycles. The van der Waals surface area contributed by atoms with E-state index in [1.165, 1.54) is 0 Å². The molecule has 0 bridgehead atoms. The van der Waals surface area contributed by atoms with Crippen LogP contribution in [0.4, 0.5) is 11.4 Å². The summed E-state index contributed by atoms with van der Waals surface area (Å²) in [5, 5.41) is 5.75. The van der Waals surface area contributed by atoms with Crippen LogP contribution in [0.1, 0.15) is 12.8 Å². The molecule has 2 fully saturated rings. The molecule has 192 valence electrons. The monoisotopic (exact) mass is 558 g/mol. The summed E-state index contributed by atoms with van der Waals surface area (Å²) in [6.45, 7) is 5.15. The van der Waals surface area contributed by atoms with E-state index in [1.807, 2.05) is 12.1 Å². The van der Waals surface area contributed by atoms with Crippen LogP contribution < -0.4 is 20.3 Å². The number of amides is 3. The van der Waals surface area contributed by atoms with Gasteiger partial charge in [0.1, 0.15) is 5.75 Å². The number of halogens is 1. The lowest BCUT2D eigenvalue weighted by Crippen LogP contribution is -2.39. The van der Waals surface area contributed by atoms with E-state index < -0.39 is 0 Å². The molecule has 2 aliphatic rings. The van der Waals surface area contributed by atoms with Crippen molar-refractivity contribution in [1.29, 1.82) is 0 Å². The van der Waals surface area contributed by atoms with E-state index in [9.17, 15) is 14.4 Å². The first-order valence-corrected chi connectivity index (χ1v) is 12.9. The van der Waals surface area contributed by atoms with E-state index in [1.54, 1.807) is 41.3 Å². The van der Waals surface area contributed by atoms with Crippen molar-refractivity contribution in [3.8, 4) is 5.75 Å². The molecular formula is C26H31BrN4O5. The van der Waals surface area contributed by atoms with Gasteiger partial charge in [-0.15, -0.1) is 0 Å². The number of hydrogen-bond donors (Lipinski definition) is 2. The molecule has 2 saturated heterocycles. The predicted molar refractivity (Wildman–Crippen MR) is 140 cm³/mol. The molecular weight excluding hydrogens is 528 g/mol. The van der Waals surface area contributed by atoms with Gasteiger partial charge in [-0.3, -0.25) is 19.3 Å². The van der Waals surface area contributed by atoms with Gasteiger partial charge in [0.25, 0.3) is 5.91 Å². The fraction of sp³-hybridized carbons (Fsp3) is 0.423. The van der Waals surface area contributed by atoms with Crippen molar-refractivity contribution in [3.63, 3.8) is 0 Å². The summed E-state index contributed by atoms with van der Waals surface area (Å²) in [7, 11) is 0. The molecule has 0 unspecified atom stereocenters. The number of carbonyl (C=O) groups excluding carboxylic acids is 3. The molecule has 2 aliphatic heterocycles. The number of ether oxygens (including phenoxy) is 2. The zero-order valence-corrected chi connectivity index (χ0v) is 21.7. The Balaban J connectivity index is 1.19. The van der Waals surface area contributed by atoms with Gasteiger partial charge >= 0.3 is 0 Å². The first-order chi connectivity index (χ1) is 17.5. The number of hydrogen-bond acceptors (Lipinski definition) is 6. The maximum atomic E-state index is 12.6. The summed E-state index contributed by atoms with van der Waals surface area (Å²) in [5.74, 6) is -0.268. The number of nitrogens with zero attached hydrogens (tertiary/aromatic N) is 2. The highest BCUT2D eigenvalue weighted by Gasteiger charge is 2.35. The van der Waals surface area contributed by atoms with Crippen molar-refractivity contribution in [2.24, 2.45) is 5.92 Å². The molecule has 0 aliphatic carbocycles. The summed E-state index contributed by atoms with van der Waals surface area (Å²) >= 11 is 3.36. The van der Waals surface area contributed by atoms with Crippen LogP contribution in [0.25, 0.3) is 0 Å². The summed E-state index contributed by atoms with van der Waals surface area (Å²) in [6.07, 6.45) is 1.07. The number of carbonyl (C=O) groups is 3. The Morgan fingerprint density at radius 1 is 1.06 bits per heavy atom. The van der Waals surface area contributed by atoms with Crippen LogP contribution in [-0.4, -0.2) is 75.2 Å². The van der Waals surface area contributed by atoms with Crippen molar-refractivity contribution in [2.45, 2.75) is 12.8 Å². The van der Waals surface area contributed by atoms with Crippen molar-refractivity contribution in [2.75, 3.05) is 62.8 Å². The Labute approximate surface area is 219 Å². The molecule has 0 spiro atoms. The Hall–Kier alpha value is -2.95. The minimum absolute atomic E-state index is 0.0778. The minimum Gasteiger partial charge on any atom is -0.484 e. The van der Waals surface area contributed by atoms with Gasteiger partial charge in [0.15, 0.2) is 6.61 Å². The van der Waals surface area contributed by atoms with Gasteiger partial charge < -0.3 is 25.0 Å². The second kappa shape index (κ2) is 12.8. The summed E-state index contributed by atoms with van der Waals surface area (Å²) in [4.78, 5) is 41.2. The Bertz CT molecular complexity index is 1040. The minimum atomic E-state index is -0.362. The number of morpholine rings is 1. The fourth-order valence-corrected chi connectivity index (χ4v) is 4.48. The third-order valence-electron chi connectivity index (χ3n) is 6.20. The van der Waals surface area contributed by atoms with E-state index in [0.717, 1.165) is 43.7 Å². The molecule has 36 heavy (non-hydrogen) atoms. The molecule has 2 aromatic carbocycles. The smallest absolute Gasteiger partial charge is 0.262 e. The highest BCUT2D eigenvalue weighted by molar-refractivity contribution is 9.10. The zero-order valence-electron chi connectivity index (χ0n) is 20.1. The Morgan fingerprint density at radius 3 is 2.50 bits per heavy atom. The topological polar surface area (TPSA) is 100 Å². The van der Waals surface area contributed by atoms with Gasteiger partial charge in [0.2, 0.25) is 11.8 Å². The highest BCUT2D eigenvalue weighted by atomic mass is 79.9. The first kappa shape index (κ1) is 26.1. The average molecular weight is 559 g/mol.